The van der Waals surface area contributed by atoms with Crippen LogP contribution < -0.4 is 23.5 Å². The number of hydrogen-bond acceptors (Lipinski definition) is 5. The Kier molecular flexibility index (Phi) is 6.33. The summed E-state index contributed by atoms with van der Waals surface area (Å²) < 4.78 is 24.5. The Morgan fingerprint density at radius 1 is 0.903 bits per heavy atom. The van der Waals surface area contributed by atoms with Gasteiger partial charge in [-0.3, -0.25) is 0 Å². The van der Waals surface area contributed by atoms with Crippen LogP contribution in [-0.4, -0.2) is 43.9 Å². The molecule has 0 radical (unpaired) electrons. The third-order valence-corrected chi connectivity index (χ3v) is 5.40. The van der Waals surface area contributed by atoms with Gasteiger partial charge in [0.25, 0.3) is 0 Å². The second-order valence-corrected chi connectivity index (χ2v) is 6.93. The molecule has 0 amide bonds. The van der Waals surface area contributed by atoms with E-state index in [9.17, 15) is 0 Å². The summed E-state index contributed by atoms with van der Waals surface area (Å²) in [5.41, 5.74) is 4.88. The zero-order valence-corrected chi connectivity index (χ0v) is 18.1. The second kappa shape index (κ2) is 8.95. The van der Waals surface area contributed by atoms with Crippen LogP contribution in [0.25, 0.3) is 22.0 Å². The molecule has 0 aliphatic carbocycles. The molecule has 4 rings (SSSR count). The zero-order valence-electron chi connectivity index (χ0n) is 18.1. The molecule has 164 valence electrons. The number of pyridine rings is 1. The van der Waals surface area contributed by atoms with Gasteiger partial charge in [0.15, 0.2) is 35.7 Å². The normalized spacial score (nSPS) is 11.5. The summed E-state index contributed by atoms with van der Waals surface area (Å²) in [5, 5.41) is 14.7. The molecule has 0 fully saturated rings. The number of methoxy groups -OCH3 is 4. The molecule has 9 nitrogen and oxygen atoms in total. The lowest BCUT2D eigenvalue weighted by molar-refractivity contribution is -0.969. The number of hydrogen-bond donors (Lipinski definition) is 2. The predicted octanol–water partition coefficient (Wildman–Crippen LogP) is 3.24. The van der Waals surface area contributed by atoms with Crippen molar-refractivity contribution < 1.29 is 39.0 Å². The Balaban J connectivity index is 0.000000628. The van der Waals surface area contributed by atoms with Gasteiger partial charge >= 0.3 is 5.09 Å². The molecule has 1 aromatic heterocycles. The highest BCUT2D eigenvalue weighted by atomic mass is 16.9. The number of ether oxygens (including phenoxy) is 4. The van der Waals surface area contributed by atoms with Crippen molar-refractivity contribution in [2.45, 2.75) is 19.9 Å². The van der Waals surface area contributed by atoms with Crippen LogP contribution in [0.5, 0.6) is 23.0 Å². The molecule has 0 unspecified atom stereocenters. The van der Waals surface area contributed by atoms with Crippen LogP contribution >= 0.6 is 0 Å². The van der Waals surface area contributed by atoms with Crippen molar-refractivity contribution in [3.63, 3.8) is 0 Å². The van der Waals surface area contributed by atoms with Crippen LogP contribution in [0.1, 0.15) is 11.1 Å². The summed E-state index contributed by atoms with van der Waals surface area (Å²) in [6.07, 6.45) is 3.10. The molecule has 0 saturated carbocycles. The summed E-state index contributed by atoms with van der Waals surface area (Å²) in [6.45, 7) is 3.06. The minimum absolute atomic E-state index is 0.743. The largest absolute Gasteiger partial charge is 0.493 e. The Morgan fingerprint density at radius 2 is 1.52 bits per heavy atom. The maximum Gasteiger partial charge on any atom is 0.472 e. The van der Waals surface area contributed by atoms with Crippen molar-refractivity contribution in [2.24, 2.45) is 0 Å². The summed E-state index contributed by atoms with van der Waals surface area (Å²) in [6, 6.07) is 8.24. The first kappa shape index (κ1) is 21.9. The Labute approximate surface area is 179 Å². The molecule has 0 bridgehead atoms. The maximum atomic E-state index is 8.47. The van der Waals surface area contributed by atoms with Crippen molar-refractivity contribution in [1.82, 2.24) is 0 Å². The van der Waals surface area contributed by atoms with E-state index in [1.165, 1.54) is 22.4 Å². The molecular formula is C22H26N2O7+2. The molecule has 0 atom stereocenters. The fourth-order valence-corrected chi connectivity index (χ4v) is 4.09. The minimum atomic E-state index is -1.25. The second-order valence-electron chi connectivity index (χ2n) is 6.93. The van der Waals surface area contributed by atoms with E-state index in [2.05, 4.69) is 35.9 Å². The smallest absolute Gasteiger partial charge is 0.472 e. The van der Waals surface area contributed by atoms with E-state index in [1.807, 2.05) is 6.07 Å². The summed E-state index contributed by atoms with van der Waals surface area (Å²) in [7, 11) is 6.70. The highest BCUT2D eigenvalue weighted by Gasteiger charge is 2.29. The highest BCUT2D eigenvalue weighted by molar-refractivity contribution is 5.94. The summed E-state index contributed by atoms with van der Waals surface area (Å²) in [4.78, 5) is 8.47. The number of nitrogens with zero attached hydrogens (tertiary/aromatic N) is 2. The standard InChI is InChI=1S/C22H24NO4.H2NO3/c1-13-15-6-7-18(24-2)22(27-5)17(15)12-23-9-8-14-10-19(25-3)20(26-4)11-16(14)21(13)23;2-1(3)4/h6-7,10-12H,8-9H2,1-5H3;(H2,2,3,4)/q2*+1. The van der Waals surface area contributed by atoms with Gasteiger partial charge < -0.3 is 18.9 Å². The first-order valence-corrected chi connectivity index (χ1v) is 9.54. The Bertz CT molecular complexity index is 1140. The average Bonchev–Trinajstić information content (AvgIpc) is 2.76. The third kappa shape index (κ3) is 3.98. The van der Waals surface area contributed by atoms with Crippen LogP contribution in [0.3, 0.4) is 0 Å². The van der Waals surface area contributed by atoms with Gasteiger partial charge in [0.2, 0.25) is 5.69 Å². The zero-order chi connectivity index (χ0) is 22.7. The van der Waals surface area contributed by atoms with Crippen molar-refractivity contribution in [3.8, 4) is 34.3 Å². The van der Waals surface area contributed by atoms with E-state index in [0.29, 0.717) is 0 Å². The van der Waals surface area contributed by atoms with Gasteiger partial charge in [0.05, 0.1) is 39.4 Å². The molecule has 3 aromatic rings. The van der Waals surface area contributed by atoms with E-state index in [4.69, 9.17) is 34.3 Å². The van der Waals surface area contributed by atoms with E-state index < -0.39 is 5.09 Å². The van der Waals surface area contributed by atoms with Gasteiger partial charge in [-0.25, -0.2) is 10.4 Å². The highest BCUT2D eigenvalue weighted by Crippen LogP contribution is 2.41. The minimum Gasteiger partial charge on any atom is -0.493 e. The van der Waals surface area contributed by atoms with Gasteiger partial charge in [-0.05, 0) is 36.8 Å². The van der Waals surface area contributed by atoms with Crippen LogP contribution in [0, 0.1) is 11.8 Å². The molecule has 1 aliphatic rings. The number of aromatic nitrogens is 1. The van der Waals surface area contributed by atoms with Crippen molar-refractivity contribution in [1.29, 1.82) is 0 Å². The lowest BCUT2D eigenvalue weighted by atomic mass is 9.91. The maximum absolute atomic E-state index is 8.47. The number of fused-ring (bicyclic) bond motifs is 4. The van der Waals surface area contributed by atoms with Gasteiger partial charge in [-0.2, -0.15) is 4.57 Å². The molecule has 0 spiro atoms. The van der Waals surface area contributed by atoms with Gasteiger partial charge in [0.1, 0.15) is 4.91 Å². The van der Waals surface area contributed by atoms with E-state index in [-0.39, 0.29) is 0 Å². The molecular weight excluding hydrogens is 404 g/mol. The predicted molar refractivity (Wildman–Crippen MR) is 111 cm³/mol. The topological polar surface area (TPSA) is 101 Å². The number of benzene rings is 2. The van der Waals surface area contributed by atoms with Crippen LogP contribution in [-0.2, 0) is 13.0 Å². The lowest BCUT2D eigenvalue weighted by Gasteiger charge is -2.20. The van der Waals surface area contributed by atoms with Gasteiger partial charge in [-0.1, -0.05) is 0 Å². The fraction of sp³-hybridized carbons (Fsp3) is 0.318. The van der Waals surface area contributed by atoms with Crippen LogP contribution in [0.4, 0.5) is 0 Å². The number of rotatable bonds is 4. The number of aryl methyl sites for hydroxylation is 3. The first-order chi connectivity index (χ1) is 14.9. The van der Waals surface area contributed by atoms with Crippen molar-refractivity contribution >= 4 is 10.8 Å². The molecule has 0 saturated heterocycles. The molecule has 2 aromatic carbocycles. The average molecular weight is 430 g/mol. The van der Waals surface area contributed by atoms with E-state index in [1.54, 1.807) is 28.4 Å². The summed E-state index contributed by atoms with van der Waals surface area (Å²) in [5.74, 6) is 3.03. The Morgan fingerprint density at radius 3 is 2.10 bits per heavy atom. The van der Waals surface area contributed by atoms with E-state index in [0.717, 1.165) is 46.7 Å². The SMILES string of the molecule is COc1cc2c(cc1OC)-c1c(C)c3ccc(OC)c(OC)c3c[n+]1CC2.O=[N+](O)O. The molecule has 9 heteroatoms. The molecule has 2 heterocycles. The molecule has 31 heavy (non-hydrogen) atoms. The fourth-order valence-electron chi connectivity index (χ4n) is 4.09. The monoisotopic (exact) mass is 430 g/mol. The van der Waals surface area contributed by atoms with Crippen LogP contribution in [0.15, 0.2) is 30.5 Å². The van der Waals surface area contributed by atoms with Gasteiger partial charge in [-0.15, -0.1) is 0 Å². The first-order valence-electron chi connectivity index (χ1n) is 9.54. The Hall–Kier alpha value is -3.75. The van der Waals surface area contributed by atoms with Gasteiger partial charge in [0, 0.05) is 17.4 Å². The molecule has 2 N–H and O–H groups in total. The van der Waals surface area contributed by atoms with Crippen LogP contribution in [0.2, 0.25) is 0 Å². The summed E-state index contributed by atoms with van der Waals surface area (Å²) >= 11 is 0. The third-order valence-electron chi connectivity index (χ3n) is 5.40. The van der Waals surface area contributed by atoms with E-state index >= 15 is 0 Å². The van der Waals surface area contributed by atoms with Crippen molar-refractivity contribution in [2.75, 3.05) is 28.4 Å². The molecule has 1 aliphatic heterocycles. The lowest BCUT2D eigenvalue weighted by Crippen LogP contribution is -2.41. The van der Waals surface area contributed by atoms with Crippen molar-refractivity contribution in [3.05, 3.63) is 46.5 Å². The quantitative estimate of drug-likeness (QED) is 0.484.